The molecule has 6 amide bonds. The number of ether oxygens (including phenoxy) is 2. The van der Waals surface area contributed by atoms with E-state index in [4.69, 9.17) is 9.47 Å². The first-order valence-electron chi connectivity index (χ1n) is 21.0. The molecule has 1 heterocycles. The normalized spacial score (nSPS) is 22.0. The van der Waals surface area contributed by atoms with E-state index < -0.39 is 109 Å². The van der Waals surface area contributed by atoms with Gasteiger partial charge in [-0.15, -0.1) is 0 Å². The molecule has 0 radical (unpaired) electrons. The number of nitrogens with one attached hydrogen (secondary N) is 6. The van der Waals surface area contributed by atoms with Crippen LogP contribution >= 0.6 is 0 Å². The van der Waals surface area contributed by atoms with E-state index in [-0.39, 0.29) is 38.3 Å². The van der Waals surface area contributed by atoms with E-state index in [0.29, 0.717) is 6.42 Å². The van der Waals surface area contributed by atoms with Gasteiger partial charge in [0, 0.05) is 12.5 Å². The molecule has 61 heavy (non-hydrogen) atoms. The number of benzene rings is 2. The Kier molecular flexibility index (Phi) is 18.0. The Morgan fingerprint density at radius 2 is 1.18 bits per heavy atom. The number of hydrogen-bond acceptors (Lipinski definition) is 12. The fourth-order valence-electron chi connectivity index (χ4n) is 7.45. The van der Waals surface area contributed by atoms with Crippen LogP contribution in [0.15, 0.2) is 48.5 Å². The second kappa shape index (κ2) is 22.6. The minimum atomic E-state index is -1.62. The molecule has 10 atom stereocenters. The van der Waals surface area contributed by atoms with E-state index in [2.05, 4.69) is 31.9 Å². The number of amides is 6. The number of aliphatic hydroxyl groups is 4. The van der Waals surface area contributed by atoms with E-state index in [0.717, 1.165) is 22.3 Å². The van der Waals surface area contributed by atoms with Gasteiger partial charge in [0.2, 0.25) is 29.5 Å². The molecule has 2 aromatic rings. The van der Waals surface area contributed by atoms with Gasteiger partial charge >= 0.3 is 6.09 Å². The largest absolute Gasteiger partial charge is 0.449 e. The molecular formula is C43H62N6O12. The van der Waals surface area contributed by atoms with E-state index in [9.17, 15) is 49.2 Å². The molecule has 1 saturated heterocycles. The Balaban J connectivity index is 1.29. The molecule has 0 saturated carbocycles. The van der Waals surface area contributed by atoms with E-state index in [1.807, 2.05) is 55.5 Å². The van der Waals surface area contributed by atoms with Crippen molar-refractivity contribution in [2.24, 2.45) is 5.92 Å². The van der Waals surface area contributed by atoms with Gasteiger partial charge in [-0.2, -0.15) is 0 Å². The molecule has 336 valence electrons. The Hall–Kier alpha value is -5.14. The highest BCUT2D eigenvalue weighted by molar-refractivity contribution is 5.96. The number of hydrogen-bond donors (Lipinski definition) is 10. The van der Waals surface area contributed by atoms with Crippen LogP contribution in [0, 0.1) is 5.92 Å². The molecule has 0 bridgehead atoms. The summed E-state index contributed by atoms with van der Waals surface area (Å²) in [5.41, 5.74) is 4.24. The standard InChI is InChI=1S/C43H62N6O12/c1-7-14-31(47-40(56)30(9-3)48-43(59)60-21-28-26-17-12-10-15-24(26)25-16-11-13-18-27(25)28)41(57)49-34(22(4)5)42(58)46-29(8-2)39(55)45-23(6)38(54)44-19-32-35(51)37(53)36(52)33(20-50)61-32/h10-13,15-18,22-23,28-37,50-53H,7-9,14,19-21H2,1-6H3,(H,44,54)(H,45,55)(H,46,58)(H,47,56)(H,48,59)(H,49,57)/t23-,29-,30+,31-,32-,33+,34-,35+,36?,37?/m0/s1. The zero-order chi connectivity index (χ0) is 45.0. The Labute approximate surface area is 355 Å². The highest BCUT2D eigenvalue weighted by atomic mass is 16.6. The van der Waals surface area contributed by atoms with Crippen LogP contribution in [0.25, 0.3) is 11.1 Å². The first kappa shape index (κ1) is 48.5. The number of aliphatic hydroxyl groups excluding tert-OH is 4. The SMILES string of the molecule is CCC[C@H](NC(=O)[C@@H](CC)NC(=O)OCC1c2ccccc2-c2ccccc21)C(=O)N[C@H](C(=O)N[C@@H](CC)C(=O)N[C@@H](C)C(=O)NC[C@@H]1O[C@H](CO)C(O)C(O)[C@@H]1O)C(C)C. The summed E-state index contributed by atoms with van der Waals surface area (Å²) in [4.78, 5) is 79.7. The number of rotatable bonds is 20. The average molecular weight is 855 g/mol. The molecule has 1 aliphatic carbocycles. The molecule has 1 fully saturated rings. The summed E-state index contributed by atoms with van der Waals surface area (Å²) in [7, 11) is 0. The molecule has 2 aromatic carbocycles. The van der Waals surface area contributed by atoms with Crippen molar-refractivity contribution in [3.8, 4) is 11.1 Å². The van der Waals surface area contributed by atoms with Crippen LogP contribution in [0.4, 0.5) is 4.79 Å². The summed E-state index contributed by atoms with van der Waals surface area (Å²) in [6.07, 6.45) is -6.77. The molecule has 0 spiro atoms. The Bertz CT molecular complexity index is 1800. The van der Waals surface area contributed by atoms with Crippen molar-refractivity contribution < 1.29 is 58.7 Å². The zero-order valence-corrected chi connectivity index (χ0v) is 35.6. The number of carbonyl (C=O) groups excluding carboxylic acids is 6. The highest BCUT2D eigenvalue weighted by Crippen LogP contribution is 2.44. The zero-order valence-electron chi connectivity index (χ0n) is 35.6. The lowest BCUT2D eigenvalue weighted by molar-refractivity contribution is -0.227. The first-order chi connectivity index (χ1) is 29.1. The van der Waals surface area contributed by atoms with Gasteiger partial charge in [-0.05, 0) is 54.4 Å². The molecule has 1 aliphatic heterocycles. The summed E-state index contributed by atoms with van der Waals surface area (Å²) in [5.74, 6) is -3.91. The third-order valence-electron chi connectivity index (χ3n) is 11.1. The van der Waals surface area contributed by atoms with Gasteiger partial charge in [-0.25, -0.2) is 4.79 Å². The monoisotopic (exact) mass is 854 g/mol. The fourth-order valence-corrected chi connectivity index (χ4v) is 7.45. The highest BCUT2D eigenvalue weighted by Gasteiger charge is 2.43. The van der Waals surface area contributed by atoms with Gasteiger partial charge in [0.15, 0.2) is 0 Å². The summed E-state index contributed by atoms with van der Waals surface area (Å²) >= 11 is 0. The van der Waals surface area contributed by atoms with E-state index in [1.165, 1.54) is 6.92 Å². The second-order valence-corrected chi connectivity index (χ2v) is 15.8. The topological polar surface area (TPSA) is 274 Å². The predicted octanol–water partition coefficient (Wildman–Crippen LogP) is 0.0875. The smallest absolute Gasteiger partial charge is 0.407 e. The van der Waals surface area contributed by atoms with Crippen molar-refractivity contribution in [2.75, 3.05) is 19.8 Å². The molecule has 2 aliphatic rings. The minimum Gasteiger partial charge on any atom is -0.449 e. The molecule has 2 unspecified atom stereocenters. The molecule has 18 nitrogen and oxygen atoms in total. The van der Waals surface area contributed by atoms with Crippen LogP contribution in [-0.4, -0.2) is 137 Å². The third-order valence-corrected chi connectivity index (χ3v) is 11.1. The Morgan fingerprint density at radius 3 is 1.74 bits per heavy atom. The maximum atomic E-state index is 13.6. The van der Waals surface area contributed by atoms with Gasteiger partial charge in [0.05, 0.1) is 6.61 Å². The van der Waals surface area contributed by atoms with Crippen molar-refractivity contribution in [1.82, 2.24) is 31.9 Å². The molecule has 0 aromatic heterocycles. The fraction of sp³-hybridized carbons (Fsp3) is 0.581. The van der Waals surface area contributed by atoms with Gasteiger partial charge in [0.1, 0.15) is 67.3 Å². The van der Waals surface area contributed by atoms with Crippen LogP contribution < -0.4 is 31.9 Å². The van der Waals surface area contributed by atoms with Crippen LogP contribution in [0.1, 0.15) is 84.3 Å². The van der Waals surface area contributed by atoms with Crippen LogP contribution in [0.5, 0.6) is 0 Å². The van der Waals surface area contributed by atoms with Crippen molar-refractivity contribution >= 4 is 35.6 Å². The van der Waals surface area contributed by atoms with E-state index >= 15 is 0 Å². The first-order valence-corrected chi connectivity index (χ1v) is 21.0. The van der Waals surface area contributed by atoms with Crippen LogP contribution in [-0.2, 0) is 33.4 Å². The number of alkyl carbamates (subject to hydrolysis) is 1. The summed E-state index contributed by atoms with van der Waals surface area (Å²) < 4.78 is 11.0. The maximum absolute atomic E-state index is 13.6. The molecule has 10 N–H and O–H groups in total. The van der Waals surface area contributed by atoms with E-state index in [1.54, 1.807) is 27.7 Å². The van der Waals surface area contributed by atoms with Crippen molar-refractivity contribution in [3.05, 3.63) is 59.7 Å². The summed E-state index contributed by atoms with van der Waals surface area (Å²) in [5, 5.41) is 55.3. The third kappa shape index (κ3) is 12.3. The average Bonchev–Trinajstić information content (AvgIpc) is 3.57. The number of carbonyl (C=O) groups is 6. The second-order valence-electron chi connectivity index (χ2n) is 15.8. The van der Waals surface area contributed by atoms with Crippen molar-refractivity contribution in [1.29, 1.82) is 0 Å². The number of fused-ring (bicyclic) bond motifs is 3. The lowest BCUT2D eigenvalue weighted by atomic mass is 9.95. The summed E-state index contributed by atoms with van der Waals surface area (Å²) in [6.45, 7) is 9.09. The predicted molar refractivity (Wildman–Crippen MR) is 222 cm³/mol. The summed E-state index contributed by atoms with van der Waals surface area (Å²) in [6, 6.07) is 10.4. The molecule has 4 rings (SSSR count). The lowest BCUT2D eigenvalue weighted by Crippen LogP contribution is -2.61. The van der Waals surface area contributed by atoms with Crippen LogP contribution in [0.3, 0.4) is 0 Å². The lowest BCUT2D eigenvalue weighted by Gasteiger charge is -2.40. The van der Waals surface area contributed by atoms with Crippen molar-refractivity contribution in [3.63, 3.8) is 0 Å². The van der Waals surface area contributed by atoms with Crippen molar-refractivity contribution in [2.45, 2.75) is 134 Å². The van der Waals surface area contributed by atoms with Gasteiger partial charge in [-0.3, -0.25) is 24.0 Å². The Morgan fingerprint density at radius 1 is 0.656 bits per heavy atom. The van der Waals surface area contributed by atoms with Gasteiger partial charge in [-0.1, -0.05) is 89.6 Å². The van der Waals surface area contributed by atoms with Gasteiger partial charge < -0.3 is 61.8 Å². The maximum Gasteiger partial charge on any atom is 0.407 e. The molecule has 18 heteroatoms. The minimum absolute atomic E-state index is 0.0564. The molecular weight excluding hydrogens is 793 g/mol. The quantitative estimate of drug-likeness (QED) is 0.0849. The van der Waals surface area contributed by atoms with Crippen LogP contribution in [0.2, 0.25) is 0 Å². The van der Waals surface area contributed by atoms with Gasteiger partial charge in [0.25, 0.3) is 0 Å².